The fourth-order valence-corrected chi connectivity index (χ4v) is 4.86. The van der Waals surface area contributed by atoms with Crippen molar-refractivity contribution in [2.45, 2.75) is 50.6 Å². The van der Waals surface area contributed by atoms with Gasteiger partial charge in [-0.3, -0.25) is 9.59 Å². The lowest BCUT2D eigenvalue weighted by molar-refractivity contribution is -0.129. The van der Waals surface area contributed by atoms with Gasteiger partial charge in [0.25, 0.3) is 5.91 Å². The summed E-state index contributed by atoms with van der Waals surface area (Å²) in [6, 6.07) is 19.7. The van der Waals surface area contributed by atoms with E-state index in [0.717, 1.165) is 40.9 Å². The molecule has 1 aromatic heterocycles. The first-order chi connectivity index (χ1) is 17.7. The van der Waals surface area contributed by atoms with Crippen LogP contribution in [0.1, 0.15) is 54.9 Å². The zero-order valence-corrected chi connectivity index (χ0v) is 22.8. The highest BCUT2D eigenvalue weighted by atomic mass is 32.2. The van der Waals surface area contributed by atoms with Gasteiger partial charge in [-0.05, 0) is 23.3 Å². The molecule has 37 heavy (non-hydrogen) atoms. The Hall–Kier alpha value is -3.39. The van der Waals surface area contributed by atoms with Crippen molar-refractivity contribution in [2.24, 2.45) is 0 Å². The smallest absolute Gasteiger partial charge is 0.251 e. The number of hydrogen-bond acceptors (Lipinski definition) is 6. The number of aromatic nitrogens is 2. The van der Waals surface area contributed by atoms with Gasteiger partial charge in [0.15, 0.2) is 5.16 Å². The molecule has 1 N–H and O–H groups in total. The van der Waals surface area contributed by atoms with Gasteiger partial charge in [0.1, 0.15) is 5.82 Å². The van der Waals surface area contributed by atoms with Gasteiger partial charge in [0.05, 0.1) is 5.69 Å². The van der Waals surface area contributed by atoms with E-state index in [2.05, 4.69) is 37.1 Å². The minimum atomic E-state index is -0.108. The van der Waals surface area contributed by atoms with Crippen molar-refractivity contribution >= 4 is 29.4 Å². The van der Waals surface area contributed by atoms with Crippen LogP contribution in [0.5, 0.6) is 0 Å². The molecular weight excluding hydrogens is 482 g/mol. The molecular formula is C29H35N5O2S. The van der Waals surface area contributed by atoms with Crippen LogP contribution < -0.4 is 10.2 Å². The molecule has 0 spiro atoms. The number of amides is 2. The van der Waals surface area contributed by atoms with Gasteiger partial charge in [-0.2, -0.15) is 0 Å². The molecule has 0 saturated carbocycles. The average molecular weight is 518 g/mol. The number of anilines is 1. The first-order valence-electron chi connectivity index (χ1n) is 12.6. The zero-order chi connectivity index (χ0) is 26.4. The highest BCUT2D eigenvalue weighted by molar-refractivity contribution is 7.98. The van der Waals surface area contributed by atoms with Crippen molar-refractivity contribution in [1.82, 2.24) is 20.2 Å². The summed E-state index contributed by atoms with van der Waals surface area (Å²) in [6.45, 7) is 11.5. The summed E-state index contributed by atoms with van der Waals surface area (Å²) in [5, 5.41) is 3.71. The van der Waals surface area contributed by atoms with Gasteiger partial charge in [-0.1, -0.05) is 75.0 Å². The number of carbonyl (C=O) groups excluding carboxylic acids is 2. The van der Waals surface area contributed by atoms with E-state index in [1.165, 1.54) is 0 Å². The van der Waals surface area contributed by atoms with E-state index in [0.29, 0.717) is 31.0 Å². The summed E-state index contributed by atoms with van der Waals surface area (Å²) in [5.41, 5.74) is 3.71. The van der Waals surface area contributed by atoms with Crippen LogP contribution in [0.25, 0.3) is 0 Å². The van der Waals surface area contributed by atoms with Gasteiger partial charge in [-0.25, -0.2) is 9.97 Å². The predicted octanol–water partition coefficient (Wildman–Crippen LogP) is 4.66. The maximum Gasteiger partial charge on any atom is 0.251 e. The molecule has 8 heteroatoms. The number of nitrogens with one attached hydrogen (secondary N) is 1. The second kappa shape index (κ2) is 11.8. The Morgan fingerprint density at radius 1 is 0.919 bits per heavy atom. The van der Waals surface area contributed by atoms with E-state index in [4.69, 9.17) is 9.97 Å². The van der Waals surface area contributed by atoms with Crippen molar-refractivity contribution in [2.75, 3.05) is 31.1 Å². The molecule has 194 valence electrons. The number of carbonyl (C=O) groups is 2. The molecule has 0 aliphatic carbocycles. The number of thioether (sulfide) groups is 1. The number of benzene rings is 2. The van der Waals surface area contributed by atoms with Crippen LogP contribution in [0.3, 0.4) is 0 Å². The molecule has 1 saturated heterocycles. The van der Waals surface area contributed by atoms with Crippen molar-refractivity contribution in [3.05, 3.63) is 83.0 Å². The third kappa shape index (κ3) is 7.32. The van der Waals surface area contributed by atoms with Gasteiger partial charge in [-0.15, -0.1) is 0 Å². The summed E-state index contributed by atoms with van der Waals surface area (Å²) in [5.74, 6) is 1.65. The first kappa shape index (κ1) is 26.7. The Bertz CT molecular complexity index is 1220. The van der Waals surface area contributed by atoms with Crippen LogP contribution in [0.2, 0.25) is 0 Å². The van der Waals surface area contributed by atoms with Crippen molar-refractivity contribution in [3.8, 4) is 0 Å². The zero-order valence-electron chi connectivity index (χ0n) is 22.0. The summed E-state index contributed by atoms with van der Waals surface area (Å²) >= 11 is 1.60. The maximum absolute atomic E-state index is 12.5. The Balaban J connectivity index is 1.40. The van der Waals surface area contributed by atoms with Crippen LogP contribution in [0.15, 0.2) is 65.8 Å². The third-order valence-corrected chi connectivity index (χ3v) is 7.31. The number of rotatable bonds is 7. The topological polar surface area (TPSA) is 78.4 Å². The van der Waals surface area contributed by atoms with Crippen LogP contribution in [-0.4, -0.2) is 52.9 Å². The largest absolute Gasteiger partial charge is 0.353 e. The SMILES string of the molecule is CC(=O)N1CCN(c2cc(C(C)(C)C)nc(SCc3ccc(C(=O)NCc4ccccc4)cc3)n2)CC1. The standard InChI is InChI=1S/C29H35N5O2S/c1-21(35)33-14-16-34(17-15-33)26-18-25(29(2,3)4)31-28(32-26)37-20-23-10-12-24(13-11-23)27(36)30-19-22-8-6-5-7-9-22/h5-13,18H,14-17,19-20H2,1-4H3,(H,30,36). The van der Waals surface area contributed by atoms with Gasteiger partial charge in [0, 0.05) is 62.4 Å². The molecule has 4 rings (SSSR count). The summed E-state index contributed by atoms with van der Waals surface area (Å²) in [6.07, 6.45) is 0. The quantitative estimate of drug-likeness (QED) is 0.363. The van der Waals surface area contributed by atoms with Gasteiger partial charge < -0.3 is 15.1 Å². The van der Waals surface area contributed by atoms with Crippen LogP contribution in [0, 0.1) is 0 Å². The van der Waals surface area contributed by atoms with Gasteiger partial charge >= 0.3 is 0 Å². The molecule has 0 unspecified atom stereocenters. The highest BCUT2D eigenvalue weighted by Gasteiger charge is 2.23. The highest BCUT2D eigenvalue weighted by Crippen LogP contribution is 2.29. The average Bonchev–Trinajstić information content (AvgIpc) is 2.91. The summed E-state index contributed by atoms with van der Waals surface area (Å²) in [4.78, 5) is 38.1. The fraction of sp³-hybridized carbons (Fsp3) is 0.379. The molecule has 2 heterocycles. The van der Waals surface area contributed by atoms with E-state index in [-0.39, 0.29) is 17.2 Å². The second-order valence-corrected chi connectivity index (χ2v) is 11.2. The van der Waals surface area contributed by atoms with Gasteiger partial charge in [0.2, 0.25) is 5.91 Å². The Morgan fingerprint density at radius 3 is 2.22 bits per heavy atom. The molecule has 2 aromatic carbocycles. The molecule has 0 bridgehead atoms. The number of hydrogen-bond donors (Lipinski definition) is 1. The Labute approximate surface area is 223 Å². The molecule has 0 atom stereocenters. The third-order valence-electron chi connectivity index (χ3n) is 6.39. The molecule has 1 aliphatic rings. The Kier molecular flexibility index (Phi) is 8.48. The summed E-state index contributed by atoms with van der Waals surface area (Å²) < 4.78 is 0. The fourth-order valence-electron chi connectivity index (χ4n) is 4.05. The molecule has 1 fully saturated rings. The van der Waals surface area contributed by atoms with E-state index in [9.17, 15) is 9.59 Å². The lowest BCUT2D eigenvalue weighted by atomic mass is 9.92. The number of piperazine rings is 1. The maximum atomic E-state index is 12.5. The molecule has 3 aromatic rings. The van der Waals surface area contributed by atoms with E-state index in [1.807, 2.05) is 59.5 Å². The lowest BCUT2D eigenvalue weighted by Gasteiger charge is -2.35. The van der Waals surface area contributed by atoms with Crippen molar-refractivity contribution < 1.29 is 9.59 Å². The van der Waals surface area contributed by atoms with Crippen LogP contribution >= 0.6 is 11.8 Å². The molecule has 7 nitrogen and oxygen atoms in total. The van der Waals surface area contributed by atoms with Crippen molar-refractivity contribution in [1.29, 1.82) is 0 Å². The van der Waals surface area contributed by atoms with E-state index < -0.39 is 0 Å². The predicted molar refractivity (Wildman–Crippen MR) is 149 cm³/mol. The van der Waals surface area contributed by atoms with E-state index in [1.54, 1.807) is 18.7 Å². The van der Waals surface area contributed by atoms with Crippen molar-refractivity contribution in [3.63, 3.8) is 0 Å². The second-order valence-electron chi connectivity index (χ2n) is 10.3. The molecule has 0 radical (unpaired) electrons. The van der Waals surface area contributed by atoms with E-state index >= 15 is 0 Å². The number of nitrogens with zero attached hydrogens (tertiary/aromatic N) is 4. The first-order valence-corrected chi connectivity index (χ1v) is 13.6. The minimum absolute atomic E-state index is 0.0845. The molecule has 1 aliphatic heterocycles. The van der Waals surface area contributed by atoms with Crippen LogP contribution in [0.4, 0.5) is 5.82 Å². The summed E-state index contributed by atoms with van der Waals surface area (Å²) in [7, 11) is 0. The Morgan fingerprint density at radius 2 is 1.59 bits per heavy atom. The molecule has 2 amide bonds. The normalized spacial score (nSPS) is 13.9. The monoisotopic (exact) mass is 517 g/mol. The van der Waals surface area contributed by atoms with Crippen LogP contribution in [-0.2, 0) is 22.5 Å². The minimum Gasteiger partial charge on any atom is -0.353 e. The lowest BCUT2D eigenvalue weighted by Crippen LogP contribution is -2.48.